The minimum absolute atomic E-state index is 0.649. The molecule has 102 valence electrons. The Morgan fingerprint density at radius 3 is 2.40 bits per heavy atom. The number of halogens is 1. The molecular weight excluding hydrogens is 290 g/mol. The molecule has 0 aliphatic carbocycles. The van der Waals surface area contributed by atoms with Crippen molar-refractivity contribution in [3.05, 3.63) is 59.1 Å². The molecule has 0 bridgehead atoms. The van der Waals surface area contributed by atoms with Crippen molar-refractivity contribution >= 4 is 23.4 Å². The van der Waals surface area contributed by atoms with Gasteiger partial charge in [0, 0.05) is 15.7 Å². The minimum atomic E-state index is 0.649. The normalized spacial score (nSPS) is 10.0. The molecule has 0 fully saturated rings. The van der Waals surface area contributed by atoms with E-state index in [2.05, 4.69) is 6.07 Å². The third-order valence-electron chi connectivity index (χ3n) is 2.62. The summed E-state index contributed by atoms with van der Waals surface area (Å²) in [7, 11) is 0. The second kappa shape index (κ2) is 7.84. The third kappa shape index (κ3) is 4.80. The summed E-state index contributed by atoms with van der Waals surface area (Å²) >= 11 is 7.62. The van der Waals surface area contributed by atoms with Crippen LogP contribution in [0.4, 0.5) is 0 Å². The van der Waals surface area contributed by atoms with Gasteiger partial charge in [0.25, 0.3) is 0 Å². The summed E-state index contributed by atoms with van der Waals surface area (Å²) in [5.41, 5.74) is 0.649. The summed E-state index contributed by atoms with van der Waals surface area (Å²) in [4.78, 5) is 1.22. The van der Waals surface area contributed by atoms with Crippen LogP contribution in [0.15, 0.2) is 53.4 Å². The van der Waals surface area contributed by atoms with Crippen LogP contribution in [-0.2, 0) is 0 Å². The summed E-state index contributed by atoms with van der Waals surface area (Å²) in [5.74, 6) is 1.80. The van der Waals surface area contributed by atoms with Crippen molar-refractivity contribution < 1.29 is 4.74 Å². The van der Waals surface area contributed by atoms with E-state index in [0.717, 1.165) is 22.9 Å². The van der Waals surface area contributed by atoms with Gasteiger partial charge in [-0.3, -0.25) is 0 Å². The Hall–Kier alpha value is -1.63. The van der Waals surface area contributed by atoms with Crippen LogP contribution in [-0.4, -0.2) is 12.4 Å². The topological polar surface area (TPSA) is 33.0 Å². The van der Waals surface area contributed by atoms with E-state index in [1.807, 2.05) is 36.4 Å². The molecule has 2 aromatic carbocycles. The highest BCUT2D eigenvalue weighted by Crippen LogP contribution is 2.21. The molecule has 0 saturated carbocycles. The Morgan fingerprint density at radius 2 is 1.75 bits per heavy atom. The van der Waals surface area contributed by atoms with Crippen LogP contribution in [0.25, 0.3) is 0 Å². The van der Waals surface area contributed by atoms with Gasteiger partial charge in [0.1, 0.15) is 5.75 Å². The Morgan fingerprint density at radius 1 is 1.05 bits per heavy atom. The molecule has 0 saturated heterocycles. The van der Waals surface area contributed by atoms with Crippen LogP contribution in [0.5, 0.6) is 5.75 Å². The van der Waals surface area contributed by atoms with Crippen molar-refractivity contribution in [1.29, 1.82) is 5.26 Å². The second-order valence-corrected chi connectivity index (χ2v) is 5.75. The van der Waals surface area contributed by atoms with Crippen LogP contribution >= 0.6 is 23.4 Å². The zero-order valence-electron chi connectivity index (χ0n) is 10.9. The lowest BCUT2D eigenvalue weighted by atomic mass is 10.2. The van der Waals surface area contributed by atoms with Crippen LogP contribution in [0, 0.1) is 11.3 Å². The summed E-state index contributed by atoms with van der Waals surface area (Å²) in [6.45, 7) is 0.673. The van der Waals surface area contributed by atoms with Gasteiger partial charge in [0.15, 0.2) is 0 Å². The number of nitriles is 1. The number of hydrogen-bond acceptors (Lipinski definition) is 3. The zero-order chi connectivity index (χ0) is 14.2. The quantitative estimate of drug-likeness (QED) is 0.569. The van der Waals surface area contributed by atoms with E-state index in [1.54, 1.807) is 23.9 Å². The number of benzene rings is 2. The van der Waals surface area contributed by atoms with Crippen molar-refractivity contribution in [3.8, 4) is 11.8 Å². The molecule has 0 amide bonds. The number of nitrogens with zero attached hydrogens (tertiary/aromatic N) is 1. The summed E-state index contributed by atoms with van der Waals surface area (Å²) in [6, 6.07) is 17.1. The van der Waals surface area contributed by atoms with E-state index in [4.69, 9.17) is 21.6 Å². The van der Waals surface area contributed by atoms with Crippen LogP contribution < -0.4 is 4.74 Å². The van der Waals surface area contributed by atoms with Gasteiger partial charge in [0.2, 0.25) is 0 Å². The molecule has 2 rings (SSSR count). The van der Waals surface area contributed by atoms with E-state index >= 15 is 0 Å². The summed E-state index contributed by atoms with van der Waals surface area (Å²) in [5, 5.41) is 9.46. The summed E-state index contributed by atoms with van der Waals surface area (Å²) < 4.78 is 5.62. The smallest absolute Gasteiger partial charge is 0.119 e. The molecule has 0 aliphatic heterocycles. The first-order valence-electron chi connectivity index (χ1n) is 6.29. The van der Waals surface area contributed by atoms with E-state index in [9.17, 15) is 0 Å². The molecule has 0 heterocycles. The lowest BCUT2D eigenvalue weighted by Gasteiger charge is -2.06. The highest BCUT2D eigenvalue weighted by molar-refractivity contribution is 7.99. The van der Waals surface area contributed by atoms with Gasteiger partial charge in [-0.1, -0.05) is 11.6 Å². The molecule has 20 heavy (non-hydrogen) atoms. The zero-order valence-corrected chi connectivity index (χ0v) is 12.5. The molecule has 2 nitrogen and oxygen atoms in total. The van der Waals surface area contributed by atoms with E-state index in [1.165, 1.54) is 4.90 Å². The molecule has 0 aromatic heterocycles. The molecule has 0 spiro atoms. The first kappa shape index (κ1) is 14.8. The average Bonchev–Trinajstić information content (AvgIpc) is 2.49. The SMILES string of the molecule is N#Cc1ccc(OCCCSc2ccc(Cl)cc2)cc1. The maximum absolute atomic E-state index is 8.70. The van der Waals surface area contributed by atoms with E-state index in [0.29, 0.717) is 12.2 Å². The predicted octanol–water partition coefficient (Wildman–Crippen LogP) is 4.77. The van der Waals surface area contributed by atoms with Gasteiger partial charge in [-0.15, -0.1) is 11.8 Å². The molecule has 2 aromatic rings. The van der Waals surface area contributed by atoms with Gasteiger partial charge in [-0.2, -0.15) is 5.26 Å². The van der Waals surface area contributed by atoms with Crippen molar-refractivity contribution in [2.24, 2.45) is 0 Å². The Bertz CT molecular complexity index is 575. The Balaban J connectivity index is 1.66. The highest BCUT2D eigenvalue weighted by Gasteiger charge is 1.97. The Labute approximate surface area is 128 Å². The van der Waals surface area contributed by atoms with E-state index < -0.39 is 0 Å². The fourth-order valence-electron chi connectivity index (χ4n) is 1.60. The molecule has 0 N–H and O–H groups in total. The lowest BCUT2D eigenvalue weighted by molar-refractivity contribution is 0.318. The standard InChI is InChI=1S/C16H14ClNOS/c17-14-4-8-16(9-5-14)20-11-1-10-19-15-6-2-13(12-18)3-7-15/h2-9H,1,10-11H2. The monoisotopic (exact) mass is 303 g/mol. The van der Waals surface area contributed by atoms with Crippen molar-refractivity contribution in [1.82, 2.24) is 0 Å². The van der Waals surface area contributed by atoms with Crippen LogP contribution in [0.2, 0.25) is 5.02 Å². The summed E-state index contributed by atoms with van der Waals surface area (Å²) in [6.07, 6.45) is 0.966. The molecule has 4 heteroatoms. The molecule has 0 aliphatic rings. The molecule has 0 radical (unpaired) electrons. The van der Waals surface area contributed by atoms with Crippen molar-refractivity contribution in [2.75, 3.05) is 12.4 Å². The average molecular weight is 304 g/mol. The molecule has 0 atom stereocenters. The van der Waals surface area contributed by atoms with Crippen molar-refractivity contribution in [2.45, 2.75) is 11.3 Å². The maximum atomic E-state index is 8.70. The number of thioether (sulfide) groups is 1. The molecular formula is C16H14ClNOS. The van der Waals surface area contributed by atoms with Crippen LogP contribution in [0.3, 0.4) is 0 Å². The van der Waals surface area contributed by atoms with Crippen molar-refractivity contribution in [3.63, 3.8) is 0 Å². The number of hydrogen-bond donors (Lipinski definition) is 0. The van der Waals surface area contributed by atoms with Gasteiger partial charge < -0.3 is 4.74 Å². The second-order valence-electron chi connectivity index (χ2n) is 4.14. The first-order valence-corrected chi connectivity index (χ1v) is 7.65. The predicted molar refractivity (Wildman–Crippen MR) is 83.4 cm³/mol. The van der Waals surface area contributed by atoms with Crippen LogP contribution in [0.1, 0.15) is 12.0 Å². The van der Waals surface area contributed by atoms with Gasteiger partial charge in [-0.05, 0) is 55.0 Å². The van der Waals surface area contributed by atoms with Gasteiger partial charge in [-0.25, -0.2) is 0 Å². The maximum Gasteiger partial charge on any atom is 0.119 e. The van der Waals surface area contributed by atoms with Gasteiger partial charge >= 0.3 is 0 Å². The number of ether oxygens (including phenoxy) is 1. The first-order chi connectivity index (χ1) is 9.78. The number of rotatable bonds is 6. The highest BCUT2D eigenvalue weighted by atomic mass is 35.5. The largest absolute Gasteiger partial charge is 0.494 e. The Kier molecular flexibility index (Phi) is 5.79. The van der Waals surface area contributed by atoms with Gasteiger partial charge in [0.05, 0.1) is 18.2 Å². The fourth-order valence-corrected chi connectivity index (χ4v) is 2.55. The molecule has 0 unspecified atom stereocenters. The lowest BCUT2D eigenvalue weighted by Crippen LogP contribution is -1.98. The van der Waals surface area contributed by atoms with E-state index in [-0.39, 0.29) is 0 Å². The third-order valence-corrected chi connectivity index (χ3v) is 3.97. The fraction of sp³-hybridized carbons (Fsp3) is 0.188. The minimum Gasteiger partial charge on any atom is -0.494 e.